The summed E-state index contributed by atoms with van der Waals surface area (Å²) in [5.41, 5.74) is 8.19. The first-order valence-electron chi connectivity index (χ1n) is 7.48. The summed E-state index contributed by atoms with van der Waals surface area (Å²) in [6.07, 6.45) is 0.977. The Hall–Kier alpha value is -2.10. The first kappa shape index (κ1) is 15.3. The van der Waals surface area contributed by atoms with Gasteiger partial charge < -0.3 is 11.1 Å². The predicted octanol–water partition coefficient (Wildman–Crippen LogP) is 4.05. The number of nitrogens with zero attached hydrogens (tertiary/aromatic N) is 2. The van der Waals surface area contributed by atoms with E-state index in [4.69, 9.17) is 5.73 Å². The van der Waals surface area contributed by atoms with Crippen LogP contribution in [0.4, 0.5) is 11.6 Å². The number of hydrogen-bond acceptors (Lipinski definition) is 4. The van der Waals surface area contributed by atoms with Crippen molar-refractivity contribution in [3.8, 4) is 0 Å². The molecule has 4 nitrogen and oxygen atoms in total. The summed E-state index contributed by atoms with van der Waals surface area (Å²) in [6.45, 7) is 8.26. The van der Waals surface area contributed by atoms with Gasteiger partial charge in [-0.2, -0.15) is 0 Å². The van der Waals surface area contributed by atoms with E-state index in [1.54, 1.807) is 0 Å². The lowest BCUT2D eigenvalue weighted by Crippen LogP contribution is -2.15. The summed E-state index contributed by atoms with van der Waals surface area (Å²) in [4.78, 5) is 9.01. The van der Waals surface area contributed by atoms with Crippen LogP contribution in [-0.4, -0.2) is 9.97 Å². The number of rotatable bonds is 5. The fourth-order valence-corrected chi connectivity index (χ4v) is 2.22. The van der Waals surface area contributed by atoms with Gasteiger partial charge in [0.25, 0.3) is 0 Å². The van der Waals surface area contributed by atoms with E-state index >= 15 is 0 Å². The fraction of sp³-hybridized carbons (Fsp3) is 0.412. The van der Waals surface area contributed by atoms with Crippen LogP contribution in [0.5, 0.6) is 0 Å². The van der Waals surface area contributed by atoms with E-state index in [1.807, 2.05) is 13.0 Å². The molecule has 2 rings (SSSR count). The summed E-state index contributed by atoms with van der Waals surface area (Å²) in [5, 5.41) is 3.52. The van der Waals surface area contributed by atoms with Crippen molar-refractivity contribution < 1.29 is 0 Å². The van der Waals surface area contributed by atoms with E-state index in [0.29, 0.717) is 5.82 Å². The van der Waals surface area contributed by atoms with Crippen LogP contribution in [0.15, 0.2) is 30.3 Å². The molecule has 1 atom stereocenters. The lowest BCUT2D eigenvalue weighted by atomic mass is 10.0. The van der Waals surface area contributed by atoms with Crippen molar-refractivity contribution in [2.24, 2.45) is 0 Å². The maximum atomic E-state index is 6.02. The molecule has 21 heavy (non-hydrogen) atoms. The third-order valence-electron chi connectivity index (χ3n) is 3.64. The third kappa shape index (κ3) is 3.51. The molecule has 112 valence electrons. The normalized spacial score (nSPS) is 12.4. The molecule has 0 aliphatic heterocycles. The third-order valence-corrected chi connectivity index (χ3v) is 3.64. The van der Waals surface area contributed by atoms with Gasteiger partial charge in [0.15, 0.2) is 0 Å². The van der Waals surface area contributed by atoms with Gasteiger partial charge in [0.05, 0.1) is 6.04 Å². The molecule has 0 aliphatic rings. The zero-order chi connectivity index (χ0) is 15.4. The Kier molecular flexibility index (Phi) is 4.78. The summed E-state index contributed by atoms with van der Waals surface area (Å²) in [7, 11) is 0. The van der Waals surface area contributed by atoms with E-state index in [2.05, 4.69) is 60.3 Å². The van der Waals surface area contributed by atoms with Gasteiger partial charge in [0.2, 0.25) is 0 Å². The fourth-order valence-electron chi connectivity index (χ4n) is 2.22. The van der Waals surface area contributed by atoms with Gasteiger partial charge in [0.1, 0.15) is 17.5 Å². The van der Waals surface area contributed by atoms with Crippen molar-refractivity contribution in [2.75, 3.05) is 11.1 Å². The lowest BCUT2D eigenvalue weighted by molar-refractivity contribution is 0.729. The largest absolute Gasteiger partial charge is 0.383 e. The molecule has 3 N–H and O–H groups in total. The Morgan fingerprint density at radius 3 is 2.38 bits per heavy atom. The van der Waals surface area contributed by atoms with Gasteiger partial charge in [-0.15, -0.1) is 0 Å². The number of hydrogen-bond donors (Lipinski definition) is 2. The minimum absolute atomic E-state index is 0.221. The maximum Gasteiger partial charge on any atom is 0.135 e. The lowest BCUT2D eigenvalue weighted by Gasteiger charge is -2.21. The molecule has 0 spiro atoms. The summed E-state index contributed by atoms with van der Waals surface area (Å²) >= 11 is 0. The second-order valence-corrected chi connectivity index (χ2v) is 5.61. The minimum atomic E-state index is 0.221. The highest BCUT2D eigenvalue weighted by atomic mass is 15.1. The van der Waals surface area contributed by atoms with Gasteiger partial charge in [-0.25, -0.2) is 9.97 Å². The van der Waals surface area contributed by atoms with Gasteiger partial charge in [-0.05, 0) is 18.9 Å². The summed E-state index contributed by atoms with van der Waals surface area (Å²) in [5.74, 6) is 2.43. The Bertz CT molecular complexity index is 593. The molecule has 0 fully saturated rings. The SMILES string of the molecule is CCC(Nc1nc(C(C)C)nc(N)c1C)c1ccccc1. The molecule has 1 unspecified atom stereocenters. The Morgan fingerprint density at radius 2 is 1.81 bits per heavy atom. The molecule has 0 bridgehead atoms. The van der Waals surface area contributed by atoms with Crippen molar-refractivity contribution >= 4 is 11.6 Å². The monoisotopic (exact) mass is 284 g/mol. The zero-order valence-electron chi connectivity index (χ0n) is 13.2. The molecule has 0 radical (unpaired) electrons. The first-order chi connectivity index (χ1) is 10.0. The topological polar surface area (TPSA) is 63.8 Å². The number of nitrogens with one attached hydrogen (secondary N) is 1. The molecule has 1 aromatic carbocycles. The highest BCUT2D eigenvalue weighted by Gasteiger charge is 2.15. The van der Waals surface area contributed by atoms with Crippen LogP contribution in [0.3, 0.4) is 0 Å². The first-order valence-corrected chi connectivity index (χ1v) is 7.48. The number of benzene rings is 1. The van der Waals surface area contributed by atoms with Crippen LogP contribution in [0.2, 0.25) is 0 Å². The highest BCUT2D eigenvalue weighted by Crippen LogP contribution is 2.26. The van der Waals surface area contributed by atoms with Crippen LogP contribution in [0, 0.1) is 6.92 Å². The number of aromatic nitrogens is 2. The molecule has 0 amide bonds. The van der Waals surface area contributed by atoms with Gasteiger partial charge >= 0.3 is 0 Å². The molecule has 0 aliphatic carbocycles. The molecule has 1 heterocycles. The van der Waals surface area contributed by atoms with Crippen LogP contribution in [0.25, 0.3) is 0 Å². The molecule has 0 saturated heterocycles. The summed E-state index contributed by atoms with van der Waals surface area (Å²) in [6, 6.07) is 10.6. The molecule has 2 aromatic rings. The van der Waals surface area contributed by atoms with Crippen molar-refractivity contribution in [3.63, 3.8) is 0 Å². The average molecular weight is 284 g/mol. The molecule has 0 saturated carbocycles. The van der Waals surface area contributed by atoms with Crippen molar-refractivity contribution in [2.45, 2.75) is 46.1 Å². The molecular formula is C17H24N4. The highest BCUT2D eigenvalue weighted by molar-refractivity contribution is 5.56. The van der Waals surface area contributed by atoms with E-state index in [1.165, 1.54) is 5.56 Å². The molecule has 1 aromatic heterocycles. The average Bonchev–Trinajstić information content (AvgIpc) is 2.49. The summed E-state index contributed by atoms with van der Waals surface area (Å²) < 4.78 is 0. The van der Waals surface area contributed by atoms with Crippen LogP contribution >= 0.6 is 0 Å². The quantitative estimate of drug-likeness (QED) is 0.869. The van der Waals surface area contributed by atoms with Crippen molar-refractivity contribution in [3.05, 3.63) is 47.3 Å². The van der Waals surface area contributed by atoms with Crippen LogP contribution in [0.1, 0.15) is 56.1 Å². The van der Waals surface area contributed by atoms with Crippen molar-refractivity contribution in [1.82, 2.24) is 9.97 Å². The van der Waals surface area contributed by atoms with Gasteiger partial charge in [-0.3, -0.25) is 0 Å². The smallest absolute Gasteiger partial charge is 0.135 e. The second kappa shape index (κ2) is 6.57. The van der Waals surface area contributed by atoms with E-state index in [-0.39, 0.29) is 12.0 Å². The minimum Gasteiger partial charge on any atom is -0.383 e. The van der Waals surface area contributed by atoms with E-state index in [0.717, 1.165) is 23.6 Å². The predicted molar refractivity (Wildman–Crippen MR) is 88.4 cm³/mol. The molecular weight excluding hydrogens is 260 g/mol. The standard InChI is InChI=1S/C17H24N4/c1-5-14(13-9-7-6-8-10-13)19-17-12(4)15(18)20-16(21-17)11(2)3/h6-11,14H,5H2,1-4H3,(H3,18,19,20,21). The Labute approximate surface area is 126 Å². The van der Waals surface area contributed by atoms with Crippen LogP contribution in [-0.2, 0) is 0 Å². The Balaban J connectivity index is 2.33. The van der Waals surface area contributed by atoms with Gasteiger partial charge in [0, 0.05) is 11.5 Å². The van der Waals surface area contributed by atoms with Gasteiger partial charge in [-0.1, -0.05) is 51.1 Å². The maximum absolute atomic E-state index is 6.02. The zero-order valence-corrected chi connectivity index (χ0v) is 13.2. The molecule has 4 heteroatoms. The number of nitrogens with two attached hydrogens (primary N) is 1. The van der Waals surface area contributed by atoms with E-state index < -0.39 is 0 Å². The second-order valence-electron chi connectivity index (χ2n) is 5.61. The van der Waals surface area contributed by atoms with Crippen molar-refractivity contribution in [1.29, 1.82) is 0 Å². The van der Waals surface area contributed by atoms with E-state index in [9.17, 15) is 0 Å². The number of anilines is 2. The number of nitrogen functional groups attached to an aromatic ring is 1. The van der Waals surface area contributed by atoms with Crippen LogP contribution < -0.4 is 11.1 Å². The Morgan fingerprint density at radius 1 is 1.14 bits per heavy atom.